The Morgan fingerprint density at radius 3 is 2.83 bits per heavy atom. The van der Waals surface area contributed by atoms with E-state index < -0.39 is 0 Å². The summed E-state index contributed by atoms with van der Waals surface area (Å²) < 4.78 is 0.821. The van der Waals surface area contributed by atoms with E-state index in [1.54, 1.807) is 6.07 Å². The van der Waals surface area contributed by atoms with Crippen LogP contribution in [0.5, 0.6) is 0 Å². The topological polar surface area (TPSA) is 55.1 Å². The van der Waals surface area contributed by atoms with Crippen LogP contribution in [0.15, 0.2) is 16.6 Å². The van der Waals surface area contributed by atoms with Crippen molar-refractivity contribution in [1.82, 2.24) is 0 Å². The maximum Gasteiger partial charge on any atom is 0.225 e. The summed E-state index contributed by atoms with van der Waals surface area (Å²) in [6, 6.07) is 3.53. The summed E-state index contributed by atoms with van der Waals surface area (Å²) in [4.78, 5) is 11.8. The van der Waals surface area contributed by atoms with Crippen molar-refractivity contribution >= 4 is 39.1 Å². The minimum atomic E-state index is -0.0882. The molecule has 3 nitrogen and oxygen atoms in total. The quantitative estimate of drug-likeness (QED) is 0.859. The molecule has 1 aromatic rings. The van der Waals surface area contributed by atoms with Crippen LogP contribution in [-0.2, 0) is 4.79 Å². The van der Waals surface area contributed by atoms with E-state index >= 15 is 0 Å². The Bertz CT molecular complexity index is 437. The minimum absolute atomic E-state index is 0.0865. The molecule has 0 bridgehead atoms. The third-order valence-electron chi connectivity index (χ3n) is 2.63. The van der Waals surface area contributed by atoms with Gasteiger partial charge >= 0.3 is 0 Å². The Morgan fingerprint density at radius 1 is 1.56 bits per heavy atom. The number of anilines is 1. The van der Waals surface area contributed by atoms with Crippen molar-refractivity contribution in [2.45, 2.75) is 39.2 Å². The second-order valence-corrected chi connectivity index (χ2v) is 5.64. The highest BCUT2D eigenvalue weighted by atomic mass is 79.9. The van der Waals surface area contributed by atoms with Gasteiger partial charge in [0.2, 0.25) is 5.91 Å². The van der Waals surface area contributed by atoms with Gasteiger partial charge in [0.05, 0.1) is 5.69 Å². The van der Waals surface area contributed by atoms with E-state index in [4.69, 9.17) is 17.3 Å². The SMILES string of the molecule is CCCC(N)CC(=O)Nc1cc(Cl)c(C)cc1Br. The molecule has 0 spiro atoms. The van der Waals surface area contributed by atoms with Crippen molar-refractivity contribution in [2.75, 3.05) is 5.32 Å². The maximum atomic E-state index is 11.8. The van der Waals surface area contributed by atoms with E-state index in [1.807, 2.05) is 19.9 Å². The molecule has 1 aromatic carbocycles. The molecule has 3 N–H and O–H groups in total. The predicted molar refractivity (Wildman–Crippen MR) is 80.0 cm³/mol. The number of carbonyl (C=O) groups excluding carboxylic acids is 1. The molecule has 0 fully saturated rings. The van der Waals surface area contributed by atoms with Crippen LogP contribution >= 0.6 is 27.5 Å². The van der Waals surface area contributed by atoms with Gasteiger partial charge in [0, 0.05) is 22.0 Å². The van der Waals surface area contributed by atoms with Gasteiger partial charge < -0.3 is 11.1 Å². The fraction of sp³-hybridized carbons (Fsp3) is 0.462. The minimum Gasteiger partial charge on any atom is -0.327 e. The van der Waals surface area contributed by atoms with Gasteiger partial charge in [-0.2, -0.15) is 0 Å². The number of benzene rings is 1. The molecule has 1 amide bonds. The maximum absolute atomic E-state index is 11.8. The van der Waals surface area contributed by atoms with Crippen LogP contribution < -0.4 is 11.1 Å². The summed E-state index contributed by atoms with van der Waals surface area (Å²) in [7, 11) is 0. The van der Waals surface area contributed by atoms with E-state index in [0.717, 1.165) is 22.9 Å². The number of hydrogen-bond donors (Lipinski definition) is 2. The molecule has 1 unspecified atom stereocenters. The van der Waals surface area contributed by atoms with Crippen molar-refractivity contribution < 1.29 is 4.79 Å². The normalized spacial score (nSPS) is 12.3. The highest BCUT2D eigenvalue weighted by Gasteiger charge is 2.11. The molecule has 1 rings (SSSR count). The molecule has 5 heteroatoms. The summed E-state index contributed by atoms with van der Waals surface area (Å²) >= 11 is 9.43. The highest BCUT2D eigenvalue weighted by molar-refractivity contribution is 9.10. The molecular weight excluding hydrogens is 316 g/mol. The van der Waals surface area contributed by atoms with Crippen molar-refractivity contribution in [3.05, 3.63) is 27.2 Å². The standard InChI is InChI=1S/C13H18BrClN2O/c1-3-4-9(16)6-13(18)17-12-7-11(15)8(2)5-10(12)14/h5,7,9H,3-4,6,16H2,1-2H3,(H,17,18). The van der Waals surface area contributed by atoms with Gasteiger partial charge in [-0.15, -0.1) is 0 Å². The Labute approximate surface area is 121 Å². The highest BCUT2D eigenvalue weighted by Crippen LogP contribution is 2.29. The third kappa shape index (κ3) is 4.59. The van der Waals surface area contributed by atoms with Crippen molar-refractivity contribution in [2.24, 2.45) is 5.73 Å². The van der Waals surface area contributed by atoms with Crippen LogP contribution in [0.4, 0.5) is 5.69 Å². The van der Waals surface area contributed by atoms with Crippen molar-refractivity contribution in [3.8, 4) is 0 Å². The molecule has 0 aliphatic heterocycles. The van der Waals surface area contributed by atoms with E-state index in [-0.39, 0.29) is 11.9 Å². The molecule has 1 atom stereocenters. The molecule has 0 heterocycles. The van der Waals surface area contributed by atoms with Gasteiger partial charge in [0.25, 0.3) is 0 Å². The molecule has 0 saturated carbocycles. The lowest BCUT2D eigenvalue weighted by atomic mass is 10.1. The fourth-order valence-electron chi connectivity index (χ4n) is 1.65. The zero-order valence-electron chi connectivity index (χ0n) is 10.6. The number of nitrogens with one attached hydrogen (secondary N) is 1. The number of hydrogen-bond acceptors (Lipinski definition) is 2. The predicted octanol–water partition coefficient (Wildman–Crippen LogP) is 3.87. The first-order chi connectivity index (χ1) is 8.43. The Morgan fingerprint density at radius 2 is 2.22 bits per heavy atom. The molecule has 0 aliphatic rings. The molecule has 0 aromatic heterocycles. The van der Waals surface area contributed by atoms with E-state index in [2.05, 4.69) is 21.2 Å². The van der Waals surface area contributed by atoms with Gasteiger partial charge in [-0.1, -0.05) is 24.9 Å². The second kappa shape index (κ2) is 7.12. The van der Waals surface area contributed by atoms with Crippen molar-refractivity contribution in [1.29, 1.82) is 0 Å². The summed E-state index contributed by atoms with van der Waals surface area (Å²) in [5.41, 5.74) is 7.47. The second-order valence-electron chi connectivity index (χ2n) is 4.38. The summed E-state index contributed by atoms with van der Waals surface area (Å²) in [5.74, 6) is -0.0865. The van der Waals surface area contributed by atoms with Crippen LogP contribution in [-0.4, -0.2) is 11.9 Å². The summed E-state index contributed by atoms with van der Waals surface area (Å²) in [6.07, 6.45) is 2.16. The Hall–Kier alpha value is -0.580. The first-order valence-electron chi connectivity index (χ1n) is 5.95. The summed E-state index contributed by atoms with van der Waals surface area (Å²) in [6.45, 7) is 3.96. The zero-order valence-corrected chi connectivity index (χ0v) is 12.9. The molecule has 18 heavy (non-hydrogen) atoms. The van der Waals surface area contributed by atoms with Gasteiger partial charge in [0.1, 0.15) is 0 Å². The largest absolute Gasteiger partial charge is 0.327 e. The third-order valence-corrected chi connectivity index (χ3v) is 3.69. The number of aryl methyl sites for hydroxylation is 1. The molecule has 0 aliphatic carbocycles. The van der Waals surface area contributed by atoms with Crippen molar-refractivity contribution in [3.63, 3.8) is 0 Å². The lowest BCUT2D eigenvalue weighted by Crippen LogP contribution is -2.26. The average molecular weight is 334 g/mol. The van der Waals surface area contributed by atoms with Gasteiger partial charge in [0.15, 0.2) is 0 Å². The van der Waals surface area contributed by atoms with Crippen LogP contribution in [0, 0.1) is 6.92 Å². The van der Waals surface area contributed by atoms with Crippen LogP contribution in [0.1, 0.15) is 31.7 Å². The van der Waals surface area contributed by atoms with E-state index in [9.17, 15) is 4.79 Å². The molecule has 0 saturated heterocycles. The number of halogens is 2. The number of nitrogens with two attached hydrogens (primary N) is 1. The smallest absolute Gasteiger partial charge is 0.225 e. The summed E-state index contributed by atoms with van der Waals surface area (Å²) in [5, 5.41) is 3.45. The Kier molecular flexibility index (Phi) is 6.12. The average Bonchev–Trinajstić information content (AvgIpc) is 2.26. The first kappa shape index (κ1) is 15.5. The Balaban J connectivity index is 2.67. The monoisotopic (exact) mass is 332 g/mol. The van der Waals surface area contributed by atoms with Gasteiger partial charge in [-0.3, -0.25) is 4.79 Å². The fourth-order valence-corrected chi connectivity index (χ4v) is 2.37. The van der Waals surface area contributed by atoms with Gasteiger partial charge in [-0.05, 0) is 47.0 Å². The molecule has 100 valence electrons. The lowest BCUT2D eigenvalue weighted by molar-refractivity contribution is -0.116. The molecule has 0 radical (unpaired) electrons. The van der Waals surface area contributed by atoms with Crippen LogP contribution in [0.3, 0.4) is 0 Å². The molecular formula is C13H18BrClN2O. The number of amides is 1. The van der Waals surface area contributed by atoms with Crippen LogP contribution in [0.2, 0.25) is 5.02 Å². The van der Waals surface area contributed by atoms with Gasteiger partial charge in [-0.25, -0.2) is 0 Å². The van der Waals surface area contributed by atoms with E-state index in [1.165, 1.54) is 0 Å². The number of carbonyl (C=O) groups is 1. The number of rotatable bonds is 5. The zero-order chi connectivity index (χ0) is 13.7. The van der Waals surface area contributed by atoms with Crippen LogP contribution in [0.25, 0.3) is 0 Å². The lowest BCUT2D eigenvalue weighted by Gasteiger charge is -2.12. The first-order valence-corrected chi connectivity index (χ1v) is 7.12. The van der Waals surface area contributed by atoms with E-state index in [0.29, 0.717) is 17.1 Å².